The van der Waals surface area contributed by atoms with Crippen molar-refractivity contribution in [3.63, 3.8) is 0 Å². The van der Waals surface area contributed by atoms with E-state index in [1.807, 2.05) is 26.0 Å². The number of nitrogens with one attached hydrogen (secondary N) is 2. The predicted molar refractivity (Wildman–Crippen MR) is 98.3 cm³/mol. The Morgan fingerprint density at radius 1 is 1.38 bits per heavy atom. The molecule has 7 heteroatoms. The number of H-pyrrole nitrogens is 1. The fourth-order valence-electron chi connectivity index (χ4n) is 3.11. The summed E-state index contributed by atoms with van der Waals surface area (Å²) in [4.78, 5) is 30.9. The molecule has 1 fully saturated rings. The van der Waals surface area contributed by atoms with E-state index in [9.17, 15) is 9.59 Å². The topological polar surface area (TPSA) is 91.0 Å². The van der Waals surface area contributed by atoms with E-state index in [2.05, 4.69) is 20.5 Å². The van der Waals surface area contributed by atoms with E-state index >= 15 is 0 Å². The van der Waals surface area contributed by atoms with Crippen LogP contribution in [0.5, 0.6) is 0 Å². The van der Waals surface area contributed by atoms with Crippen molar-refractivity contribution < 1.29 is 9.59 Å². The molecule has 0 aliphatic carbocycles. The number of nitrogens with zero attached hydrogens (tertiary/aromatic N) is 3. The van der Waals surface area contributed by atoms with Gasteiger partial charge in [-0.25, -0.2) is 0 Å². The first-order chi connectivity index (χ1) is 12.6. The van der Waals surface area contributed by atoms with Crippen LogP contribution in [0.25, 0.3) is 11.3 Å². The highest BCUT2D eigenvalue weighted by molar-refractivity contribution is 5.94. The minimum absolute atomic E-state index is 0.0407. The Morgan fingerprint density at radius 3 is 2.88 bits per heavy atom. The average Bonchev–Trinajstić information content (AvgIpc) is 3.18. The molecule has 1 aliphatic rings. The Hall–Kier alpha value is -2.70. The van der Waals surface area contributed by atoms with Crippen LogP contribution in [0, 0.1) is 5.92 Å². The zero-order valence-electron chi connectivity index (χ0n) is 15.2. The van der Waals surface area contributed by atoms with Crippen LogP contribution in [-0.4, -0.2) is 51.0 Å². The molecule has 0 radical (unpaired) electrons. The van der Waals surface area contributed by atoms with E-state index in [4.69, 9.17) is 0 Å². The van der Waals surface area contributed by atoms with Gasteiger partial charge in [0.25, 0.3) is 5.91 Å². The maximum Gasteiger partial charge on any atom is 0.271 e. The molecule has 1 aliphatic heterocycles. The molecular formula is C19H25N5O2. The molecule has 2 unspecified atom stereocenters. The standard InChI is InChI=1S/C19H25N5O2/c1-3-13(2)21-18(25)15-5-4-10-24(12-15)19(26)17-11-16(22-23-17)14-6-8-20-9-7-14/h6-9,11,13,15H,3-5,10,12H2,1-2H3,(H,21,25)(H,22,23). The third-order valence-corrected chi connectivity index (χ3v) is 4.86. The first-order valence-corrected chi connectivity index (χ1v) is 9.14. The molecule has 7 nitrogen and oxygen atoms in total. The molecule has 2 atom stereocenters. The summed E-state index contributed by atoms with van der Waals surface area (Å²) in [5.74, 6) is -0.220. The van der Waals surface area contributed by atoms with Gasteiger partial charge in [-0.3, -0.25) is 19.7 Å². The zero-order valence-corrected chi connectivity index (χ0v) is 15.2. The molecule has 0 aromatic carbocycles. The van der Waals surface area contributed by atoms with Gasteiger partial charge in [0, 0.05) is 37.1 Å². The summed E-state index contributed by atoms with van der Waals surface area (Å²) >= 11 is 0. The molecule has 2 aromatic rings. The Kier molecular flexibility index (Phi) is 5.65. The van der Waals surface area contributed by atoms with Gasteiger partial charge >= 0.3 is 0 Å². The van der Waals surface area contributed by atoms with E-state index in [0.717, 1.165) is 24.8 Å². The lowest BCUT2D eigenvalue weighted by atomic mass is 9.96. The van der Waals surface area contributed by atoms with Crippen molar-refractivity contribution in [1.82, 2.24) is 25.4 Å². The van der Waals surface area contributed by atoms with E-state index in [1.54, 1.807) is 23.4 Å². The Bertz CT molecular complexity index is 758. The summed E-state index contributed by atoms with van der Waals surface area (Å²) in [5, 5.41) is 10.1. The molecular weight excluding hydrogens is 330 g/mol. The molecule has 2 amide bonds. The average molecular weight is 355 g/mol. The van der Waals surface area contributed by atoms with Gasteiger partial charge in [0.1, 0.15) is 5.69 Å². The van der Waals surface area contributed by atoms with Crippen LogP contribution < -0.4 is 5.32 Å². The van der Waals surface area contributed by atoms with Crippen molar-refractivity contribution >= 4 is 11.8 Å². The normalized spacial score (nSPS) is 18.4. The van der Waals surface area contributed by atoms with Gasteiger partial charge < -0.3 is 10.2 Å². The number of carbonyl (C=O) groups is 2. The highest BCUT2D eigenvalue weighted by Gasteiger charge is 2.30. The number of piperidine rings is 1. The number of carbonyl (C=O) groups excluding carboxylic acids is 2. The van der Waals surface area contributed by atoms with Crippen LogP contribution >= 0.6 is 0 Å². The third-order valence-electron chi connectivity index (χ3n) is 4.86. The number of amides is 2. The highest BCUT2D eigenvalue weighted by atomic mass is 16.2. The van der Waals surface area contributed by atoms with Crippen LogP contribution in [0.1, 0.15) is 43.6 Å². The quantitative estimate of drug-likeness (QED) is 0.860. The minimum Gasteiger partial charge on any atom is -0.353 e. The molecule has 2 N–H and O–H groups in total. The van der Waals surface area contributed by atoms with Crippen molar-refractivity contribution in [3.8, 4) is 11.3 Å². The molecule has 2 aromatic heterocycles. The van der Waals surface area contributed by atoms with Gasteiger partial charge in [0.15, 0.2) is 0 Å². The second kappa shape index (κ2) is 8.12. The monoisotopic (exact) mass is 355 g/mol. The number of aromatic amines is 1. The van der Waals surface area contributed by atoms with Gasteiger partial charge in [-0.2, -0.15) is 5.10 Å². The van der Waals surface area contributed by atoms with Gasteiger partial charge in [0.05, 0.1) is 11.6 Å². The SMILES string of the molecule is CCC(C)NC(=O)C1CCCN(C(=O)c2cc(-c3ccncc3)n[nH]2)C1. The van der Waals surface area contributed by atoms with Crippen molar-refractivity contribution in [3.05, 3.63) is 36.3 Å². The van der Waals surface area contributed by atoms with Gasteiger partial charge in [0.2, 0.25) is 5.91 Å². The van der Waals surface area contributed by atoms with Crippen LogP contribution in [0.2, 0.25) is 0 Å². The number of aromatic nitrogens is 3. The van der Waals surface area contributed by atoms with Crippen molar-refractivity contribution in [1.29, 1.82) is 0 Å². The lowest BCUT2D eigenvalue weighted by molar-refractivity contribution is -0.126. The predicted octanol–water partition coefficient (Wildman–Crippen LogP) is 2.24. The molecule has 1 saturated heterocycles. The molecule has 0 bridgehead atoms. The van der Waals surface area contributed by atoms with Crippen LogP contribution in [0.4, 0.5) is 0 Å². The molecule has 3 heterocycles. The maximum absolute atomic E-state index is 12.8. The van der Waals surface area contributed by atoms with Crippen LogP contribution in [-0.2, 0) is 4.79 Å². The number of rotatable bonds is 5. The lowest BCUT2D eigenvalue weighted by Crippen LogP contribution is -2.47. The Labute approximate surface area is 153 Å². The summed E-state index contributed by atoms with van der Waals surface area (Å²) in [6.07, 6.45) is 5.92. The summed E-state index contributed by atoms with van der Waals surface area (Å²) < 4.78 is 0. The fourth-order valence-corrected chi connectivity index (χ4v) is 3.11. The molecule has 3 rings (SSSR count). The van der Waals surface area contributed by atoms with E-state index in [0.29, 0.717) is 24.5 Å². The highest BCUT2D eigenvalue weighted by Crippen LogP contribution is 2.21. The molecule has 138 valence electrons. The van der Waals surface area contributed by atoms with Gasteiger partial charge in [-0.15, -0.1) is 0 Å². The third kappa shape index (κ3) is 4.09. The summed E-state index contributed by atoms with van der Waals surface area (Å²) in [6.45, 7) is 5.15. The summed E-state index contributed by atoms with van der Waals surface area (Å²) in [5.41, 5.74) is 2.05. The molecule has 0 spiro atoms. The van der Waals surface area contributed by atoms with Crippen LogP contribution in [0.3, 0.4) is 0 Å². The van der Waals surface area contributed by atoms with E-state index in [1.165, 1.54) is 0 Å². The second-order valence-electron chi connectivity index (χ2n) is 6.81. The van der Waals surface area contributed by atoms with Gasteiger partial charge in [-0.05, 0) is 44.4 Å². The fraction of sp³-hybridized carbons (Fsp3) is 0.474. The summed E-state index contributed by atoms with van der Waals surface area (Å²) in [6, 6.07) is 5.60. The van der Waals surface area contributed by atoms with Crippen molar-refractivity contribution in [2.75, 3.05) is 13.1 Å². The van der Waals surface area contributed by atoms with Crippen LogP contribution in [0.15, 0.2) is 30.6 Å². The Morgan fingerprint density at radius 2 is 2.15 bits per heavy atom. The minimum atomic E-state index is -0.149. The van der Waals surface area contributed by atoms with Crippen molar-refractivity contribution in [2.24, 2.45) is 5.92 Å². The zero-order chi connectivity index (χ0) is 18.5. The second-order valence-corrected chi connectivity index (χ2v) is 6.81. The van der Waals surface area contributed by atoms with Crippen molar-refractivity contribution in [2.45, 2.75) is 39.2 Å². The lowest BCUT2D eigenvalue weighted by Gasteiger charge is -2.32. The first-order valence-electron chi connectivity index (χ1n) is 9.14. The Balaban J connectivity index is 1.66. The number of hydrogen-bond acceptors (Lipinski definition) is 4. The molecule has 26 heavy (non-hydrogen) atoms. The summed E-state index contributed by atoms with van der Waals surface area (Å²) in [7, 11) is 0. The number of likely N-dealkylation sites (tertiary alicyclic amines) is 1. The number of hydrogen-bond donors (Lipinski definition) is 2. The molecule has 0 saturated carbocycles. The number of pyridine rings is 1. The first kappa shape index (κ1) is 18.1. The van der Waals surface area contributed by atoms with E-state index in [-0.39, 0.29) is 23.8 Å². The van der Waals surface area contributed by atoms with Gasteiger partial charge in [-0.1, -0.05) is 6.92 Å². The largest absolute Gasteiger partial charge is 0.353 e. The maximum atomic E-state index is 12.8. The van der Waals surface area contributed by atoms with E-state index < -0.39 is 0 Å². The smallest absolute Gasteiger partial charge is 0.271 e.